The fourth-order valence-electron chi connectivity index (χ4n) is 3.97. The minimum Gasteiger partial charge on any atom is -0.339 e. The highest BCUT2D eigenvalue weighted by molar-refractivity contribution is 5.78. The van der Waals surface area contributed by atoms with Crippen molar-refractivity contribution in [2.24, 2.45) is 5.73 Å². The summed E-state index contributed by atoms with van der Waals surface area (Å²) < 4.78 is 0. The van der Waals surface area contributed by atoms with Crippen LogP contribution in [-0.4, -0.2) is 23.4 Å². The molecule has 1 fully saturated rings. The lowest BCUT2D eigenvalue weighted by Gasteiger charge is -2.35. The molecule has 0 heterocycles. The molecule has 1 saturated carbocycles. The average Bonchev–Trinajstić information content (AvgIpc) is 2.90. The number of carbonyl (C=O) groups excluding carboxylic acids is 1. The number of nitrogens with two attached hydrogens (primary N) is 1. The molecule has 3 heteroatoms. The van der Waals surface area contributed by atoms with Gasteiger partial charge in [0.25, 0.3) is 0 Å². The van der Waals surface area contributed by atoms with Gasteiger partial charge in [-0.15, -0.1) is 0 Å². The van der Waals surface area contributed by atoms with E-state index in [9.17, 15) is 4.79 Å². The Bertz CT molecular complexity index is 520. The van der Waals surface area contributed by atoms with Gasteiger partial charge in [-0.3, -0.25) is 4.79 Å². The summed E-state index contributed by atoms with van der Waals surface area (Å²) in [4.78, 5) is 14.6. The molecular formula is C18H26N2O. The molecular weight excluding hydrogens is 260 g/mol. The van der Waals surface area contributed by atoms with E-state index in [1.54, 1.807) is 0 Å². The molecule has 114 valence electrons. The maximum Gasteiger partial charge on any atom is 0.224 e. The van der Waals surface area contributed by atoms with Crippen molar-refractivity contribution in [3.05, 3.63) is 35.4 Å². The molecule has 2 aliphatic carbocycles. The molecule has 21 heavy (non-hydrogen) atoms. The Morgan fingerprint density at radius 2 is 2.00 bits per heavy atom. The first-order valence-electron chi connectivity index (χ1n) is 8.21. The SMILES string of the molecule is CN(C(=O)CC1(N)CCCCC1)C1CCc2ccccc21. The van der Waals surface area contributed by atoms with Crippen LogP contribution in [-0.2, 0) is 11.2 Å². The van der Waals surface area contributed by atoms with Gasteiger partial charge in [-0.2, -0.15) is 0 Å². The lowest BCUT2D eigenvalue weighted by atomic mass is 9.80. The Kier molecular flexibility index (Phi) is 4.03. The van der Waals surface area contributed by atoms with Gasteiger partial charge in [0.1, 0.15) is 0 Å². The molecule has 0 bridgehead atoms. The summed E-state index contributed by atoms with van der Waals surface area (Å²) in [6.07, 6.45) is 8.20. The van der Waals surface area contributed by atoms with Gasteiger partial charge in [-0.25, -0.2) is 0 Å². The Hall–Kier alpha value is -1.35. The van der Waals surface area contributed by atoms with Crippen LogP contribution in [0.25, 0.3) is 0 Å². The number of rotatable bonds is 3. The molecule has 1 amide bonds. The second-order valence-electron chi connectivity index (χ2n) is 6.86. The van der Waals surface area contributed by atoms with Crippen molar-refractivity contribution in [2.45, 2.75) is 62.9 Å². The molecule has 3 nitrogen and oxygen atoms in total. The molecule has 0 aliphatic heterocycles. The van der Waals surface area contributed by atoms with Gasteiger partial charge in [-0.1, -0.05) is 43.5 Å². The highest BCUT2D eigenvalue weighted by Gasteiger charge is 2.34. The van der Waals surface area contributed by atoms with Crippen molar-refractivity contribution in [1.29, 1.82) is 0 Å². The number of benzene rings is 1. The maximum absolute atomic E-state index is 12.7. The summed E-state index contributed by atoms with van der Waals surface area (Å²) >= 11 is 0. The van der Waals surface area contributed by atoms with Gasteiger partial charge in [0.15, 0.2) is 0 Å². The fourth-order valence-corrected chi connectivity index (χ4v) is 3.97. The number of hydrogen-bond donors (Lipinski definition) is 1. The number of fused-ring (bicyclic) bond motifs is 1. The van der Waals surface area contributed by atoms with Gasteiger partial charge in [0.2, 0.25) is 5.91 Å². The monoisotopic (exact) mass is 286 g/mol. The lowest BCUT2D eigenvalue weighted by Crippen LogP contribution is -2.46. The van der Waals surface area contributed by atoms with E-state index in [-0.39, 0.29) is 17.5 Å². The van der Waals surface area contributed by atoms with E-state index in [4.69, 9.17) is 5.73 Å². The van der Waals surface area contributed by atoms with E-state index in [1.807, 2.05) is 11.9 Å². The predicted molar refractivity (Wildman–Crippen MR) is 84.9 cm³/mol. The summed E-state index contributed by atoms with van der Waals surface area (Å²) in [5.74, 6) is 0.209. The van der Waals surface area contributed by atoms with E-state index >= 15 is 0 Å². The second-order valence-corrected chi connectivity index (χ2v) is 6.86. The Balaban J connectivity index is 1.68. The summed E-state index contributed by atoms with van der Waals surface area (Å²) in [7, 11) is 1.95. The van der Waals surface area contributed by atoms with Crippen LogP contribution >= 0.6 is 0 Å². The van der Waals surface area contributed by atoms with Gasteiger partial charge in [0, 0.05) is 19.0 Å². The third-order valence-corrected chi connectivity index (χ3v) is 5.31. The minimum absolute atomic E-state index is 0.209. The third kappa shape index (κ3) is 2.98. The minimum atomic E-state index is -0.262. The third-order valence-electron chi connectivity index (χ3n) is 5.31. The molecule has 2 N–H and O–H groups in total. The molecule has 0 aromatic heterocycles. The smallest absolute Gasteiger partial charge is 0.224 e. The summed E-state index contributed by atoms with van der Waals surface area (Å²) in [6, 6.07) is 8.73. The fraction of sp³-hybridized carbons (Fsp3) is 0.611. The molecule has 1 unspecified atom stereocenters. The summed E-state index contributed by atoms with van der Waals surface area (Å²) in [6.45, 7) is 0. The Labute approximate surface area is 127 Å². The molecule has 0 saturated heterocycles. The van der Waals surface area contributed by atoms with Crippen LogP contribution in [0.4, 0.5) is 0 Å². The zero-order valence-corrected chi connectivity index (χ0v) is 13.0. The van der Waals surface area contributed by atoms with Crippen LogP contribution in [0.1, 0.15) is 62.1 Å². The number of hydrogen-bond acceptors (Lipinski definition) is 2. The topological polar surface area (TPSA) is 46.3 Å². The molecule has 1 aromatic rings. The van der Waals surface area contributed by atoms with Gasteiger partial charge in [-0.05, 0) is 36.8 Å². The van der Waals surface area contributed by atoms with Crippen LogP contribution in [0, 0.1) is 0 Å². The Morgan fingerprint density at radius 1 is 1.29 bits per heavy atom. The van der Waals surface area contributed by atoms with Crippen LogP contribution in [0.3, 0.4) is 0 Å². The first-order chi connectivity index (χ1) is 10.1. The standard InChI is InChI=1S/C18H26N2O/c1-20(16-10-9-14-7-3-4-8-15(14)16)17(21)13-18(19)11-5-2-6-12-18/h3-4,7-8,16H,2,5-6,9-13,19H2,1H3. The first kappa shape index (κ1) is 14.6. The van der Waals surface area contributed by atoms with Crippen LogP contribution in [0.2, 0.25) is 0 Å². The van der Waals surface area contributed by atoms with Gasteiger partial charge >= 0.3 is 0 Å². The first-order valence-corrected chi connectivity index (χ1v) is 8.21. The highest BCUT2D eigenvalue weighted by Crippen LogP contribution is 2.36. The highest BCUT2D eigenvalue weighted by atomic mass is 16.2. The van der Waals surface area contributed by atoms with Crippen molar-refractivity contribution >= 4 is 5.91 Å². The van der Waals surface area contributed by atoms with E-state index in [0.717, 1.165) is 25.7 Å². The van der Waals surface area contributed by atoms with E-state index in [0.29, 0.717) is 6.42 Å². The number of carbonyl (C=O) groups is 1. The zero-order valence-electron chi connectivity index (χ0n) is 13.0. The maximum atomic E-state index is 12.7. The number of aryl methyl sites for hydroxylation is 1. The van der Waals surface area contributed by atoms with E-state index < -0.39 is 0 Å². The summed E-state index contributed by atoms with van der Waals surface area (Å²) in [5.41, 5.74) is 8.89. The van der Waals surface area contributed by atoms with Crippen LogP contribution in [0.15, 0.2) is 24.3 Å². The predicted octanol–water partition coefficient (Wildman–Crippen LogP) is 3.18. The summed E-state index contributed by atoms with van der Waals surface area (Å²) in [5, 5.41) is 0. The second kappa shape index (κ2) is 5.80. The molecule has 1 atom stereocenters. The number of nitrogens with zero attached hydrogens (tertiary/aromatic N) is 1. The zero-order chi connectivity index (χ0) is 14.9. The Morgan fingerprint density at radius 3 is 2.76 bits per heavy atom. The average molecular weight is 286 g/mol. The quantitative estimate of drug-likeness (QED) is 0.927. The van der Waals surface area contributed by atoms with Crippen molar-refractivity contribution < 1.29 is 4.79 Å². The number of amides is 1. The molecule has 2 aliphatic rings. The van der Waals surface area contributed by atoms with E-state index in [2.05, 4.69) is 24.3 Å². The molecule has 0 spiro atoms. The van der Waals surface area contributed by atoms with Crippen molar-refractivity contribution in [1.82, 2.24) is 4.90 Å². The van der Waals surface area contributed by atoms with E-state index in [1.165, 1.54) is 30.4 Å². The lowest BCUT2D eigenvalue weighted by molar-refractivity contribution is -0.133. The van der Waals surface area contributed by atoms with Crippen molar-refractivity contribution in [2.75, 3.05) is 7.05 Å². The molecule has 1 aromatic carbocycles. The van der Waals surface area contributed by atoms with Crippen LogP contribution in [0.5, 0.6) is 0 Å². The van der Waals surface area contributed by atoms with Crippen LogP contribution < -0.4 is 5.73 Å². The normalized spacial score (nSPS) is 23.6. The molecule has 3 rings (SSSR count). The van der Waals surface area contributed by atoms with Crippen molar-refractivity contribution in [3.63, 3.8) is 0 Å². The largest absolute Gasteiger partial charge is 0.339 e. The molecule has 0 radical (unpaired) electrons. The van der Waals surface area contributed by atoms with Gasteiger partial charge in [0.05, 0.1) is 6.04 Å². The van der Waals surface area contributed by atoms with Crippen molar-refractivity contribution in [3.8, 4) is 0 Å². The van der Waals surface area contributed by atoms with Gasteiger partial charge < -0.3 is 10.6 Å².